The molecule has 0 spiro atoms. The van der Waals surface area contributed by atoms with E-state index in [0.717, 1.165) is 11.1 Å². The van der Waals surface area contributed by atoms with Gasteiger partial charge in [0.1, 0.15) is 0 Å². The number of nitrogens with zero attached hydrogens (tertiary/aromatic N) is 1. The zero-order valence-electron chi connectivity index (χ0n) is 24.3. The lowest BCUT2D eigenvalue weighted by atomic mass is 9.92. The predicted octanol–water partition coefficient (Wildman–Crippen LogP) is 9.30. The molecule has 0 saturated carbocycles. The van der Waals surface area contributed by atoms with E-state index < -0.39 is 15.4 Å². The summed E-state index contributed by atoms with van der Waals surface area (Å²) in [5, 5.41) is 0. The minimum atomic E-state index is -3.06. The van der Waals surface area contributed by atoms with Crippen molar-refractivity contribution in [2.75, 3.05) is 6.26 Å². The van der Waals surface area contributed by atoms with Crippen LogP contribution in [0, 0.1) is 13.5 Å². The molecule has 0 saturated heterocycles. The first kappa shape index (κ1) is 32.1. The molecular weight excluding hydrogens is 474 g/mol. The van der Waals surface area contributed by atoms with E-state index in [4.69, 9.17) is 6.57 Å². The highest BCUT2D eigenvalue weighted by atomic mass is 32.2. The number of hydrogen-bond donors (Lipinski definition) is 0. The van der Waals surface area contributed by atoms with E-state index >= 15 is 0 Å². The Bertz CT molecular complexity index is 1260. The molecule has 0 heterocycles. The topological polar surface area (TPSA) is 38.5 Å². The molecule has 4 heteroatoms. The van der Waals surface area contributed by atoms with E-state index in [-0.39, 0.29) is 0 Å². The van der Waals surface area contributed by atoms with Crippen LogP contribution in [-0.2, 0) is 15.4 Å². The Morgan fingerprint density at radius 3 is 1.54 bits per heavy atom. The molecule has 0 radical (unpaired) electrons. The molecule has 3 rings (SSSR count). The van der Waals surface area contributed by atoms with Gasteiger partial charge in [-0.05, 0) is 53.5 Å². The van der Waals surface area contributed by atoms with Crippen molar-refractivity contribution >= 4 is 9.84 Å². The molecule has 3 aromatic rings. The third kappa shape index (κ3) is 10.9. The van der Waals surface area contributed by atoms with Crippen LogP contribution in [0.1, 0.15) is 101 Å². The van der Waals surface area contributed by atoms with Gasteiger partial charge in [-0.25, -0.2) is 15.0 Å². The molecule has 0 aliphatic carbocycles. The lowest BCUT2D eigenvalue weighted by molar-refractivity contribution is 0.601. The normalized spacial score (nSPS) is 11.4. The van der Waals surface area contributed by atoms with Crippen molar-refractivity contribution in [1.82, 2.24) is 0 Å². The van der Waals surface area contributed by atoms with E-state index in [0.29, 0.717) is 22.6 Å². The van der Waals surface area contributed by atoms with Crippen molar-refractivity contribution in [2.45, 2.75) is 90.5 Å². The summed E-state index contributed by atoms with van der Waals surface area (Å²) >= 11 is 0. The molecule has 0 aromatic heterocycles. The van der Waals surface area contributed by atoms with Gasteiger partial charge >= 0.3 is 0 Å². The molecule has 0 amide bonds. The van der Waals surface area contributed by atoms with Gasteiger partial charge in [-0.2, -0.15) is 0 Å². The average molecular weight is 520 g/mol. The van der Waals surface area contributed by atoms with Gasteiger partial charge in [-0.15, -0.1) is 0 Å². The van der Waals surface area contributed by atoms with Crippen molar-refractivity contribution in [3.63, 3.8) is 0 Å². The van der Waals surface area contributed by atoms with Crippen molar-refractivity contribution < 1.29 is 8.42 Å². The Labute approximate surface area is 226 Å². The van der Waals surface area contributed by atoms with Crippen LogP contribution in [0.15, 0.2) is 77.7 Å². The molecule has 3 nitrogen and oxygen atoms in total. The fourth-order valence-electron chi connectivity index (χ4n) is 3.47. The molecule has 200 valence electrons. The maximum atomic E-state index is 11.2. The maximum Gasteiger partial charge on any atom is 0.252 e. The van der Waals surface area contributed by atoms with Gasteiger partial charge in [-0.1, -0.05) is 108 Å². The van der Waals surface area contributed by atoms with Crippen LogP contribution in [-0.4, -0.2) is 14.7 Å². The first-order valence-electron chi connectivity index (χ1n) is 12.9. The Morgan fingerprint density at radius 1 is 0.703 bits per heavy atom. The Morgan fingerprint density at radius 2 is 1.16 bits per heavy atom. The van der Waals surface area contributed by atoms with Gasteiger partial charge in [0, 0.05) is 25.7 Å². The van der Waals surface area contributed by atoms with Crippen LogP contribution in [0.25, 0.3) is 4.85 Å². The summed E-state index contributed by atoms with van der Waals surface area (Å²) < 4.78 is 22.4. The molecule has 37 heavy (non-hydrogen) atoms. The lowest BCUT2D eigenvalue weighted by Crippen LogP contribution is -2.10. The summed E-state index contributed by atoms with van der Waals surface area (Å²) in [6.07, 6.45) is 1.23. The number of hydrogen-bond acceptors (Lipinski definition) is 2. The number of sulfone groups is 1. The van der Waals surface area contributed by atoms with Crippen molar-refractivity contribution in [2.24, 2.45) is 0 Å². The molecule has 0 bridgehead atoms. The molecule has 0 atom stereocenters. The van der Waals surface area contributed by atoms with Gasteiger partial charge in [0.2, 0.25) is 0 Å². The van der Waals surface area contributed by atoms with E-state index in [1.807, 2.05) is 33.8 Å². The van der Waals surface area contributed by atoms with Gasteiger partial charge in [0.05, 0.1) is 4.90 Å². The summed E-state index contributed by atoms with van der Waals surface area (Å²) in [5.41, 5.74) is 5.87. The minimum Gasteiger partial charge on any atom is -0.306 e. The Hall–Kier alpha value is -2.90. The maximum absolute atomic E-state index is 11.2. The number of benzene rings is 3. The van der Waals surface area contributed by atoms with Gasteiger partial charge in [-0.3, -0.25) is 0 Å². The standard InChI is InChI=1S/C13H17N.C10H14O2S.C10H14/c1-10(2)11-6-8-12(9-7-11)13(3,4)14-5;1-8(2)9-5-4-6-10(7-9)13(3,11)12;1-8(2)10-6-4-5-9(3)7-10/h6-10H,1-4H3;4-8H,1-3H3;4-8H,1-3H3. The fourth-order valence-corrected chi connectivity index (χ4v) is 4.15. The van der Waals surface area contributed by atoms with E-state index in [1.54, 1.807) is 18.2 Å². The van der Waals surface area contributed by atoms with Crippen LogP contribution in [0.5, 0.6) is 0 Å². The summed E-state index contributed by atoms with van der Waals surface area (Å²) in [5.74, 6) is 1.57. The molecule has 0 fully saturated rings. The number of aryl methyl sites for hydroxylation is 1. The number of rotatable bonds is 5. The monoisotopic (exact) mass is 519 g/mol. The summed E-state index contributed by atoms with van der Waals surface area (Å²) in [4.78, 5) is 4.02. The van der Waals surface area contributed by atoms with Crippen LogP contribution in [0.3, 0.4) is 0 Å². The summed E-state index contributed by atoms with van der Waals surface area (Å²) in [6.45, 7) is 26.0. The van der Waals surface area contributed by atoms with Crippen LogP contribution >= 0.6 is 0 Å². The zero-order chi connectivity index (χ0) is 28.4. The van der Waals surface area contributed by atoms with Crippen molar-refractivity contribution in [1.29, 1.82) is 0 Å². The molecular formula is C33H45NO2S. The Balaban J connectivity index is 0.000000281. The Kier molecular flexibility index (Phi) is 12.3. The molecule has 0 N–H and O–H groups in total. The quantitative estimate of drug-likeness (QED) is 0.315. The van der Waals surface area contributed by atoms with E-state index in [9.17, 15) is 8.42 Å². The zero-order valence-corrected chi connectivity index (χ0v) is 25.1. The van der Waals surface area contributed by atoms with Crippen molar-refractivity contribution in [3.05, 3.63) is 112 Å². The van der Waals surface area contributed by atoms with E-state index in [2.05, 4.69) is 88.0 Å². The minimum absolute atomic E-state index is 0.363. The third-order valence-electron chi connectivity index (χ3n) is 6.23. The fraction of sp³-hybridized carbons (Fsp3) is 0.424. The van der Waals surface area contributed by atoms with Gasteiger partial charge in [0.15, 0.2) is 9.84 Å². The second-order valence-electron chi connectivity index (χ2n) is 11.0. The molecule has 0 unspecified atom stereocenters. The van der Waals surface area contributed by atoms with Gasteiger partial charge < -0.3 is 4.85 Å². The SMILES string of the molecule is CC(C)c1cccc(S(C)(=O)=O)c1.Cc1cccc(C(C)C)c1.[C-]#[N+]C(C)(C)c1ccc(C(C)C)cc1. The highest BCUT2D eigenvalue weighted by Gasteiger charge is 2.25. The van der Waals surface area contributed by atoms with Gasteiger partial charge in [0.25, 0.3) is 5.54 Å². The highest BCUT2D eigenvalue weighted by molar-refractivity contribution is 7.90. The largest absolute Gasteiger partial charge is 0.306 e. The predicted molar refractivity (Wildman–Crippen MR) is 159 cm³/mol. The van der Waals surface area contributed by atoms with Crippen LogP contribution in [0.4, 0.5) is 0 Å². The van der Waals surface area contributed by atoms with Crippen molar-refractivity contribution in [3.8, 4) is 0 Å². The smallest absolute Gasteiger partial charge is 0.252 e. The summed E-state index contributed by atoms with van der Waals surface area (Å²) in [6, 6.07) is 24.1. The second kappa shape index (κ2) is 14.1. The molecule has 0 aliphatic heterocycles. The summed E-state index contributed by atoms with van der Waals surface area (Å²) in [7, 11) is -3.06. The molecule has 0 aliphatic rings. The highest BCUT2D eigenvalue weighted by Crippen LogP contribution is 2.26. The first-order valence-corrected chi connectivity index (χ1v) is 14.8. The van der Waals surface area contributed by atoms with Crippen LogP contribution < -0.4 is 0 Å². The average Bonchev–Trinajstić information content (AvgIpc) is 2.84. The first-order chi connectivity index (χ1) is 17.1. The van der Waals surface area contributed by atoms with E-state index in [1.165, 1.54) is 22.9 Å². The lowest BCUT2D eigenvalue weighted by Gasteiger charge is -2.12. The molecule has 3 aromatic carbocycles. The second-order valence-corrected chi connectivity index (χ2v) is 13.0. The third-order valence-corrected chi connectivity index (χ3v) is 7.34. The van der Waals surface area contributed by atoms with Crippen LogP contribution in [0.2, 0.25) is 0 Å².